The fraction of sp³-hybridized carbons (Fsp3) is 0.444. The minimum atomic E-state index is 0.171. The van der Waals surface area contributed by atoms with Gasteiger partial charge in [0.05, 0.1) is 17.4 Å². The Bertz CT molecular complexity index is 576. The second-order valence-electron chi connectivity index (χ2n) is 5.45. The van der Waals surface area contributed by atoms with Crippen molar-refractivity contribution in [1.29, 1.82) is 0 Å². The minimum Gasteiger partial charge on any atom is -0.309 e. The largest absolute Gasteiger partial charge is 0.309 e. The monoisotopic (exact) mass is 283 g/mol. The lowest BCUT2D eigenvalue weighted by atomic mass is 9.95. The van der Waals surface area contributed by atoms with Crippen LogP contribution in [0.5, 0.6) is 0 Å². The van der Waals surface area contributed by atoms with Crippen LogP contribution in [-0.4, -0.2) is 17.2 Å². The smallest absolute Gasteiger partial charge is 0.0679 e. The number of aryl methyl sites for hydroxylation is 3. The van der Waals surface area contributed by atoms with E-state index in [9.17, 15) is 0 Å². The number of hydrogen-bond donors (Lipinski definition) is 1. The van der Waals surface area contributed by atoms with Gasteiger partial charge in [-0.3, -0.25) is 0 Å². The van der Waals surface area contributed by atoms with Crippen LogP contribution in [0.25, 0.3) is 0 Å². The van der Waals surface area contributed by atoms with E-state index in [2.05, 4.69) is 59.7 Å². The number of aromatic nitrogens is 2. The number of benzene rings is 1. The predicted octanol–water partition coefficient (Wildman–Crippen LogP) is 3.61. The molecule has 2 aromatic rings. The summed E-state index contributed by atoms with van der Waals surface area (Å²) >= 11 is 0. The molecule has 0 saturated heterocycles. The van der Waals surface area contributed by atoms with Gasteiger partial charge in [-0.15, -0.1) is 0 Å². The van der Waals surface area contributed by atoms with Gasteiger partial charge in [0, 0.05) is 0 Å². The maximum absolute atomic E-state index is 4.35. The molecule has 1 aromatic carbocycles. The molecule has 0 radical (unpaired) electrons. The van der Waals surface area contributed by atoms with Crippen LogP contribution >= 0.6 is 0 Å². The first-order valence-corrected chi connectivity index (χ1v) is 7.78. The van der Waals surface area contributed by atoms with Crippen LogP contribution in [0.1, 0.15) is 54.4 Å². The first-order chi connectivity index (χ1) is 10.2. The van der Waals surface area contributed by atoms with Crippen LogP contribution in [0, 0.1) is 6.92 Å². The summed E-state index contributed by atoms with van der Waals surface area (Å²) in [5.74, 6) is 0. The number of nitrogens with zero attached hydrogens (tertiary/aromatic N) is 2. The van der Waals surface area contributed by atoms with Crippen LogP contribution < -0.4 is 5.32 Å². The van der Waals surface area contributed by atoms with Crippen molar-refractivity contribution in [3.63, 3.8) is 0 Å². The molecule has 0 bridgehead atoms. The standard InChI is InChI=1S/C18H25N3/c1-5-7-14-8-10-15(11-9-14)18(19-4)16-12-13(3)20-21-17(16)6-2/h8-12,18-19H,5-7H2,1-4H3. The molecule has 0 amide bonds. The lowest BCUT2D eigenvalue weighted by Crippen LogP contribution is -2.20. The van der Waals surface area contributed by atoms with E-state index < -0.39 is 0 Å². The van der Waals surface area contributed by atoms with Gasteiger partial charge in [0.25, 0.3) is 0 Å². The molecule has 0 aliphatic heterocycles. The zero-order chi connectivity index (χ0) is 15.2. The molecule has 3 heteroatoms. The topological polar surface area (TPSA) is 37.8 Å². The van der Waals surface area contributed by atoms with Gasteiger partial charge in [-0.2, -0.15) is 10.2 Å². The number of nitrogens with one attached hydrogen (secondary N) is 1. The number of hydrogen-bond acceptors (Lipinski definition) is 3. The molecule has 0 aliphatic rings. The van der Waals surface area contributed by atoms with Gasteiger partial charge in [-0.05, 0) is 49.6 Å². The Labute approximate surface area is 127 Å². The third-order valence-electron chi connectivity index (χ3n) is 3.81. The average molecular weight is 283 g/mol. The molecule has 1 atom stereocenters. The van der Waals surface area contributed by atoms with Crippen molar-refractivity contribution in [1.82, 2.24) is 15.5 Å². The molecular formula is C18H25N3. The highest BCUT2D eigenvalue weighted by Crippen LogP contribution is 2.25. The Morgan fingerprint density at radius 2 is 1.81 bits per heavy atom. The van der Waals surface area contributed by atoms with Crippen LogP contribution in [0.2, 0.25) is 0 Å². The second-order valence-corrected chi connectivity index (χ2v) is 5.45. The molecule has 2 rings (SSSR count). The average Bonchev–Trinajstić information content (AvgIpc) is 2.50. The van der Waals surface area contributed by atoms with Crippen molar-refractivity contribution in [2.24, 2.45) is 0 Å². The van der Waals surface area contributed by atoms with Gasteiger partial charge in [-0.1, -0.05) is 44.5 Å². The fourth-order valence-corrected chi connectivity index (χ4v) is 2.73. The zero-order valence-corrected chi connectivity index (χ0v) is 13.5. The van der Waals surface area contributed by atoms with Gasteiger partial charge >= 0.3 is 0 Å². The summed E-state index contributed by atoms with van der Waals surface area (Å²) in [7, 11) is 2.00. The molecule has 1 N–H and O–H groups in total. The van der Waals surface area contributed by atoms with Gasteiger partial charge in [0.2, 0.25) is 0 Å². The quantitative estimate of drug-likeness (QED) is 0.880. The highest BCUT2D eigenvalue weighted by molar-refractivity contribution is 5.36. The van der Waals surface area contributed by atoms with Crippen molar-refractivity contribution in [3.05, 3.63) is 58.4 Å². The minimum absolute atomic E-state index is 0.171. The van der Waals surface area contributed by atoms with Gasteiger partial charge in [-0.25, -0.2) is 0 Å². The third-order valence-corrected chi connectivity index (χ3v) is 3.81. The van der Waals surface area contributed by atoms with Crippen molar-refractivity contribution in [2.45, 2.75) is 46.1 Å². The Hall–Kier alpha value is -1.74. The summed E-state index contributed by atoms with van der Waals surface area (Å²) < 4.78 is 0. The summed E-state index contributed by atoms with van der Waals surface area (Å²) in [5.41, 5.74) is 5.94. The number of rotatable bonds is 6. The lowest BCUT2D eigenvalue weighted by molar-refractivity contribution is 0.668. The van der Waals surface area contributed by atoms with Crippen LogP contribution in [-0.2, 0) is 12.8 Å². The molecule has 21 heavy (non-hydrogen) atoms. The normalized spacial score (nSPS) is 12.4. The van der Waals surface area contributed by atoms with Crippen molar-refractivity contribution >= 4 is 0 Å². The lowest BCUT2D eigenvalue weighted by Gasteiger charge is -2.20. The molecule has 3 nitrogen and oxygen atoms in total. The Kier molecular flexibility index (Phi) is 5.45. The summed E-state index contributed by atoms with van der Waals surface area (Å²) in [6, 6.07) is 11.2. The van der Waals surface area contributed by atoms with Crippen molar-refractivity contribution < 1.29 is 0 Å². The molecule has 112 valence electrons. The van der Waals surface area contributed by atoms with Crippen molar-refractivity contribution in [2.75, 3.05) is 7.05 Å². The molecule has 0 fully saturated rings. The van der Waals surface area contributed by atoms with E-state index in [1.807, 2.05) is 14.0 Å². The molecular weight excluding hydrogens is 258 g/mol. The van der Waals surface area contributed by atoms with E-state index in [1.54, 1.807) is 0 Å². The SMILES string of the molecule is CCCc1ccc(C(NC)c2cc(C)nnc2CC)cc1. The Morgan fingerprint density at radius 3 is 2.38 bits per heavy atom. The Balaban J connectivity index is 2.37. The fourth-order valence-electron chi connectivity index (χ4n) is 2.73. The van der Waals surface area contributed by atoms with E-state index in [4.69, 9.17) is 0 Å². The van der Waals surface area contributed by atoms with E-state index in [1.165, 1.54) is 23.1 Å². The van der Waals surface area contributed by atoms with Gasteiger partial charge in [0.15, 0.2) is 0 Å². The summed E-state index contributed by atoms with van der Waals surface area (Å²) in [6.07, 6.45) is 3.22. The maximum atomic E-state index is 4.35. The van der Waals surface area contributed by atoms with E-state index >= 15 is 0 Å². The summed E-state index contributed by atoms with van der Waals surface area (Å²) in [6.45, 7) is 6.33. The summed E-state index contributed by atoms with van der Waals surface area (Å²) in [5, 5.41) is 11.9. The molecule has 0 saturated carbocycles. The zero-order valence-electron chi connectivity index (χ0n) is 13.5. The molecule has 0 aliphatic carbocycles. The first-order valence-electron chi connectivity index (χ1n) is 7.78. The Morgan fingerprint density at radius 1 is 1.10 bits per heavy atom. The molecule has 1 aromatic heterocycles. The summed E-state index contributed by atoms with van der Waals surface area (Å²) in [4.78, 5) is 0. The van der Waals surface area contributed by atoms with E-state index in [0.717, 1.165) is 24.2 Å². The van der Waals surface area contributed by atoms with Gasteiger partial charge in [0.1, 0.15) is 0 Å². The maximum Gasteiger partial charge on any atom is 0.0679 e. The van der Waals surface area contributed by atoms with Crippen molar-refractivity contribution in [3.8, 4) is 0 Å². The molecule has 0 spiro atoms. The third kappa shape index (κ3) is 3.67. The van der Waals surface area contributed by atoms with E-state index in [-0.39, 0.29) is 6.04 Å². The van der Waals surface area contributed by atoms with Gasteiger partial charge < -0.3 is 5.32 Å². The first kappa shape index (κ1) is 15.6. The highest BCUT2D eigenvalue weighted by Gasteiger charge is 2.16. The second kappa shape index (κ2) is 7.32. The molecule has 1 heterocycles. The molecule has 1 unspecified atom stereocenters. The van der Waals surface area contributed by atoms with Crippen LogP contribution in [0.3, 0.4) is 0 Å². The predicted molar refractivity (Wildman–Crippen MR) is 87.5 cm³/mol. The van der Waals surface area contributed by atoms with Crippen LogP contribution in [0.15, 0.2) is 30.3 Å². The van der Waals surface area contributed by atoms with E-state index in [0.29, 0.717) is 0 Å². The van der Waals surface area contributed by atoms with Crippen LogP contribution in [0.4, 0.5) is 0 Å². The highest BCUT2D eigenvalue weighted by atomic mass is 15.1.